The normalized spacial score (nSPS) is 23.1. The van der Waals surface area contributed by atoms with Gasteiger partial charge >= 0.3 is 0 Å². The zero-order chi connectivity index (χ0) is 9.84. The first-order valence-electron chi connectivity index (χ1n) is 3.74. The highest BCUT2D eigenvalue weighted by Gasteiger charge is 2.31. The average molecular weight is 176 g/mol. The molecule has 1 unspecified atom stereocenters. The van der Waals surface area contributed by atoms with Gasteiger partial charge in [0.2, 0.25) is 12.4 Å². The molecule has 0 aliphatic carbocycles. The van der Waals surface area contributed by atoms with Gasteiger partial charge in [0, 0.05) is 13.6 Å². The second-order valence-corrected chi connectivity index (χ2v) is 2.65. The fraction of sp³-hybridized carbons (Fsp3) is 0.571. The molecule has 66 valence electrons. The molecule has 6 heteroatoms. The molecule has 1 aliphatic rings. The molecule has 0 N–H and O–H groups in total. The van der Waals surface area contributed by atoms with E-state index in [0.717, 1.165) is 10.1 Å². The summed E-state index contributed by atoms with van der Waals surface area (Å²) in [4.78, 5) is 0. The van der Waals surface area contributed by atoms with Crippen LogP contribution in [0.15, 0.2) is 0 Å². The maximum Gasteiger partial charge on any atom is 0.217 e. The van der Waals surface area contributed by atoms with Crippen molar-refractivity contribution in [1.29, 1.82) is 15.8 Å². The maximum absolute atomic E-state index is 8.72. The smallest absolute Gasteiger partial charge is 0.196 e. The SMILES string of the molecule is CN1CCC(C#N)N(C#N)N1C#N. The molecule has 0 bridgehead atoms. The van der Waals surface area contributed by atoms with Crippen LogP contribution in [-0.4, -0.2) is 34.8 Å². The van der Waals surface area contributed by atoms with Crippen molar-refractivity contribution in [3.63, 3.8) is 0 Å². The second kappa shape index (κ2) is 3.62. The highest BCUT2D eigenvalue weighted by atomic mass is 15.9. The third-order valence-electron chi connectivity index (χ3n) is 1.89. The second-order valence-electron chi connectivity index (χ2n) is 2.65. The molecule has 0 aromatic carbocycles. The third-order valence-corrected chi connectivity index (χ3v) is 1.89. The predicted octanol–water partition coefficient (Wildman–Crippen LogP) is -0.390. The van der Waals surface area contributed by atoms with Gasteiger partial charge in [-0.3, -0.25) is 0 Å². The fourth-order valence-corrected chi connectivity index (χ4v) is 1.18. The summed E-state index contributed by atoms with van der Waals surface area (Å²) in [5, 5.41) is 29.9. The minimum Gasteiger partial charge on any atom is -0.196 e. The highest BCUT2D eigenvalue weighted by molar-refractivity contribution is 4.99. The summed E-state index contributed by atoms with van der Waals surface area (Å²) in [6.45, 7) is 0.601. The van der Waals surface area contributed by atoms with Crippen LogP contribution in [0.1, 0.15) is 6.42 Å². The van der Waals surface area contributed by atoms with Crippen molar-refractivity contribution in [2.45, 2.75) is 12.5 Å². The molecule has 1 heterocycles. The lowest BCUT2D eigenvalue weighted by Crippen LogP contribution is -2.56. The molecule has 1 atom stereocenters. The molecular formula is C7H8N6. The molecule has 0 spiro atoms. The molecule has 13 heavy (non-hydrogen) atoms. The highest BCUT2D eigenvalue weighted by Crippen LogP contribution is 2.14. The van der Waals surface area contributed by atoms with E-state index in [-0.39, 0.29) is 0 Å². The lowest BCUT2D eigenvalue weighted by Gasteiger charge is -2.39. The minimum absolute atomic E-state index is 0.527. The molecule has 0 aromatic rings. The van der Waals surface area contributed by atoms with Gasteiger partial charge in [0.25, 0.3) is 0 Å². The molecule has 0 amide bonds. The monoisotopic (exact) mass is 176 g/mol. The van der Waals surface area contributed by atoms with Crippen molar-refractivity contribution >= 4 is 0 Å². The largest absolute Gasteiger partial charge is 0.217 e. The first-order valence-corrected chi connectivity index (χ1v) is 3.74. The number of nitrogens with zero attached hydrogens (tertiary/aromatic N) is 6. The zero-order valence-corrected chi connectivity index (χ0v) is 7.17. The van der Waals surface area contributed by atoms with Crippen LogP contribution >= 0.6 is 0 Å². The number of rotatable bonds is 0. The Morgan fingerprint density at radius 1 is 1.23 bits per heavy atom. The van der Waals surface area contributed by atoms with Gasteiger partial charge < -0.3 is 0 Å². The standard InChI is InChI=1S/C7H8N6/c1-11-3-2-7(4-8)12(5-9)13(11)6-10/h7H,2-3H2,1H3. The first-order chi connectivity index (χ1) is 6.24. The van der Waals surface area contributed by atoms with Crippen molar-refractivity contribution in [1.82, 2.24) is 15.1 Å². The average Bonchev–Trinajstić information content (AvgIpc) is 2.17. The van der Waals surface area contributed by atoms with Crippen LogP contribution < -0.4 is 0 Å². The van der Waals surface area contributed by atoms with E-state index >= 15 is 0 Å². The molecule has 0 aromatic heterocycles. The lowest BCUT2D eigenvalue weighted by atomic mass is 10.2. The maximum atomic E-state index is 8.72. The van der Waals surface area contributed by atoms with E-state index in [2.05, 4.69) is 0 Å². The Kier molecular flexibility index (Phi) is 2.54. The van der Waals surface area contributed by atoms with Gasteiger partial charge in [-0.25, -0.2) is 0 Å². The third kappa shape index (κ3) is 1.46. The minimum atomic E-state index is -0.527. The molecule has 1 aliphatic heterocycles. The van der Waals surface area contributed by atoms with E-state index in [1.54, 1.807) is 12.1 Å². The van der Waals surface area contributed by atoms with Gasteiger partial charge in [-0.2, -0.15) is 25.8 Å². The fourth-order valence-electron chi connectivity index (χ4n) is 1.18. The lowest BCUT2D eigenvalue weighted by molar-refractivity contribution is -0.134. The molecule has 1 rings (SSSR count). The Hall–Kier alpha value is -1.97. The molecule has 1 saturated heterocycles. The number of hydrogen-bond acceptors (Lipinski definition) is 6. The summed E-state index contributed by atoms with van der Waals surface area (Å²) in [5.74, 6) is 0. The van der Waals surface area contributed by atoms with Crippen LogP contribution in [0.5, 0.6) is 0 Å². The number of nitriles is 3. The predicted molar refractivity (Wildman–Crippen MR) is 41.6 cm³/mol. The van der Waals surface area contributed by atoms with Crippen LogP contribution in [0.2, 0.25) is 0 Å². The van der Waals surface area contributed by atoms with Crippen molar-refractivity contribution in [2.24, 2.45) is 0 Å². The molecule has 6 nitrogen and oxygen atoms in total. The Morgan fingerprint density at radius 2 is 1.92 bits per heavy atom. The van der Waals surface area contributed by atoms with Gasteiger partial charge in [0.15, 0.2) is 6.04 Å². The van der Waals surface area contributed by atoms with Crippen LogP contribution in [-0.2, 0) is 0 Å². The Labute approximate surface area is 76.3 Å². The van der Waals surface area contributed by atoms with E-state index in [9.17, 15) is 0 Å². The summed E-state index contributed by atoms with van der Waals surface area (Å²) >= 11 is 0. The Morgan fingerprint density at radius 3 is 2.38 bits per heavy atom. The molecule has 0 radical (unpaired) electrons. The van der Waals surface area contributed by atoms with E-state index < -0.39 is 6.04 Å². The summed E-state index contributed by atoms with van der Waals surface area (Å²) in [7, 11) is 1.70. The van der Waals surface area contributed by atoms with E-state index in [4.69, 9.17) is 15.8 Å². The van der Waals surface area contributed by atoms with E-state index in [1.807, 2.05) is 18.5 Å². The van der Waals surface area contributed by atoms with Crippen LogP contribution in [0, 0.1) is 34.2 Å². The summed E-state index contributed by atoms with van der Waals surface area (Å²) in [6.07, 6.45) is 4.21. The number of hydrazine groups is 2. The summed E-state index contributed by atoms with van der Waals surface area (Å²) < 4.78 is 0. The Balaban J connectivity index is 2.87. The number of hydrogen-bond donors (Lipinski definition) is 0. The summed E-state index contributed by atoms with van der Waals surface area (Å²) in [6, 6.07) is 1.45. The van der Waals surface area contributed by atoms with Gasteiger partial charge in [0.1, 0.15) is 0 Å². The Bertz CT molecular complexity index is 304. The van der Waals surface area contributed by atoms with Gasteiger partial charge in [-0.1, -0.05) is 0 Å². The van der Waals surface area contributed by atoms with Gasteiger partial charge in [0.05, 0.1) is 6.07 Å². The topological polar surface area (TPSA) is 81.1 Å². The van der Waals surface area contributed by atoms with Crippen LogP contribution in [0.4, 0.5) is 0 Å². The van der Waals surface area contributed by atoms with Gasteiger partial charge in [-0.05, 0) is 6.42 Å². The van der Waals surface area contributed by atoms with Gasteiger partial charge in [-0.15, -0.1) is 5.12 Å². The quantitative estimate of drug-likeness (QED) is 0.467. The first kappa shape index (κ1) is 9.12. The van der Waals surface area contributed by atoms with Crippen LogP contribution in [0.25, 0.3) is 0 Å². The molecule has 0 saturated carbocycles. The molecule has 1 fully saturated rings. The van der Waals surface area contributed by atoms with Crippen molar-refractivity contribution in [2.75, 3.05) is 13.6 Å². The van der Waals surface area contributed by atoms with Crippen LogP contribution in [0.3, 0.4) is 0 Å². The van der Waals surface area contributed by atoms with E-state index in [0.29, 0.717) is 13.0 Å². The van der Waals surface area contributed by atoms with E-state index in [1.165, 1.54) is 0 Å². The molecular weight excluding hydrogens is 168 g/mol. The van der Waals surface area contributed by atoms with Crippen molar-refractivity contribution in [3.05, 3.63) is 0 Å². The van der Waals surface area contributed by atoms with Crippen molar-refractivity contribution < 1.29 is 0 Å². The van der Waals surface area contributed by atoms with Crippen molar-refractivity contribution in [3.8, 4) is 18.5 Å². The summed E-state index contributed by atoms with van der Waals surface area (Å²) in [5.41, 5.74) is 0. The zero-order valence-electron chi connectivity index (χ0n) is 7.17.